The molecule has 0 unspecified atom stereocenters. The summed E-state index contributed by atoms with van der Waals surface area (Å²) in [6.07, 6.45) is 8.19. The molecular formula is C28H36N4O4. The number of carbonyl (C=O) groups excluding carboxylic acids is 1. The molecular weight excluding hydrogens is 456 g/mol. The standard InChI is InChI=1S/C28H36N4O4/c1-20-16-32(21(2)19-33)27(34)24-14-23(6-11-28(35)9-4-5-10-28)15-30-26(24)36-25(20)18-31(3)17-22-7-12-29-13-8-22/h7-8,12-15,20-21,25,33,35H,4-5,9-10,16-19H2,1-3H3/t20-,21+,25-/m0/s1. The lowest BCUT2D eigenvalue weighted by Crippen LogP contribution is -2.49. The lowest BCUT2D eigenvalue weighted by atomic mass is 9.99. The molecule has 1 saturated carbocycles. The van der Waals surface area contributed by atoms with Crippen LogP contribution in [-0.4, -0.2) is 80.4 Å². The van der Waals surface area contributed by atoms with Crippen LogP contribution in [0.5, 0.6) is 5.88 Å². The van der Waals surface area contributed by atoms with Crippen molar-refractivity contribution in [3.05, 3.63) is 53.5 Å². The molecule has 0 saturated heterocycles. The number of fused-ring (bicyclic) bond motifs is 1. The number of likely N-dealkylation sites (N-methyl/N-ethyl adjacent to an activating group) is 1. The fourth-order valence-electron chi connectivity index (χ4n) is 4.83. The van der Waals surface area contributed by atoms with E-state index in [1.165, 1.54) is 0 Å². The summed E-state index contributed by atoms with van der Waals surface area (Å²) < 4.78 is 6.37. The maximum Gasteiger partial charge on any atom is 0.259 e. The van der Waals surface area contributed by atoms with Crippen LogP contribution in [0.25, 0.3) is 0 Å². The number of ether oxygens (including phenoxy) is 1. The van der Waals surface area contributed by atoms with Crippen molar-refractivity contribution in [2.45, 2.75) is 63.8 Å². The molecule has 2 aromatic heterocycles. The molecule has 2 aromatic rings. The van der Waals surface area contributed by atoms with E-state index in [1.54, 1.807) is 29.6 Å². The van der Waals surface area contributed by atoms with E-state index in [4.69, 9.17) is 4.74 Å². The van der Waals surface area contributed by atoms with Gasteiger partial charge in [-0.2, -0.15) is 0 Å². The molecule has 0 bridgehead atoms. The van der Waals surface area contributed by atoms with Gasteiger partial charge >= 0.3 is 0 Å². The normalized spacial score (nSPS) is 22.2. The first kappa shape index (κ1) is 26.1. The SMILES string of the molecule is C[C@H](CO)N1C[C@H](C)[C@H](CN(C)Cc2ccncc2)Oc2ncc(C#CC3(O)CCCC3)cc2C1=O. The lowest BCUT2D eigenvalue weighted by Gasteiger charge is -2.37. The predicted molar refractivity (Wildman–Crippen MR) is 136 cm³/mol. The van der Waals surface area contributed by atoms with Crippen molar-refractivity contribution in [3.63, 3.8) is 0 Å². The minimum atomic E-state index is -0.970. The highest BCUT2D eigenvalue weighted by atomic mass is 16.5. The van der Waals surface area contributed by atoms with Gasteiger partial charge in [-0.05, 0) is 63.4 Å². The van der Waals surface area contributed by atoms with E-state index in [-0.39, 0.29) is 36.5 Å². The number of hydrogen-bond acceptors (Lipinski definition) is 7. The van der Waals surface area contributed by atoms with Crippen LogP contribution in [0.1, 0.15) is 61.0 Å². The number of aliphatic hydroxyl groups excluding tert-OH is 1. The van der Waals surface area contributed by atoms with E-state index >= 15 is 0 Å². The second-order valence-electron chi connectivity index (χ2n) is 10.2. The van der Waals surface area contributed by atoms with E-state index < -0.39 is 5.60 Å². The molecule has 0 aromatic carbocycles. The monoisotopic (exact) mass is 492 g/mol. The molecule has 4 rings (SSSR count). The predicted octanol–water partition coefficient (Wildman–Crippen LogP) is 2.49. The number of hydrogen-bond donors (Lipinski definition) is 2. The van der Waals surface area contributed by atoms with Crippen LogP contribution in [0, 0.1) is 17.8 Å². The van der Waals surface area contributed by atoms with Crippen LogP contribution < -0.4 is 4.74 Å². The first-order chi connectivity index (χ1) is 17.3. The molecule has 3 heterocycles. The van der Waals surface area contributed by atoms with Crippen LogP contribution in [0.4, 0.5) is 0 Å². The Labute approximate surface area is 213 Å². The van der Waals surface area contributed by atoms with Gasteiger partial charge in [0.05, 0.1) is 12.6 Å². The first-order valence-electron chi connectivity index (χ1n) is 12.7. The van der Waals surface area contributed by atoms with Gasteiger partial charge in [0, 0.05) is 49.7 Å². The van der Waals surface area contributed by atoms with E-state index in [9.17, 15) is 15.0 Å². The summed E-state index contributed by atoms with van der Waals surface area (Å²) in [5.41, 5.74) is 1.07. The molecule has 192 valence electrons. The van der Waals surface area contributed by atoms with Crippen LogP contribution >= 0.6 is 0 Å². The Morgan fingerprint density at radius 3 is 2.72 bits per heavy atom. The third kappa shape index (κ3) is 6.22. The molecule has 1 aliphatic carbocycles. The van der Waals surface area contributed by atoms with Gasteiger partial charge in [-0.15, -0.1) is 0 Å². The van der Waals surface area contributed by atoms with Crippen LogP contribution in [0.3, 0.4) is 0 Å². The average Bonchev–Trinajstić information content (AvgIpc) is 3.31. The van der Waals surface area contributed by atoms with Gasteiger partial charge in [-0.3, -0.25) is 14.7 Å². The fraction of sp³-hybridized carbons (Fsp3) is 0.536. The number of amides is 1. The summed E-state index contributed by atoms with van der Waals surface area (Å²) in [4.78, 5) is 26.0. The second kappa shape index (κ2) is 11.4. The van der Waals surface area contributed by atoms with Gasteiger partial charge in [0.15, 0.2) is 0 Å². The van der Waals surface area contributed by atoms with Gasteiger partial charge in [0.1, 0.15) is 17.3 Å². The molecule has 1 aliphatic heterocycles. The van der Waals surface area contributed by atoms with Gasteiger partial charge < -0.3 is 19.8 Å². The van der Waals surface area contributed by atoms with Gasteiger partial charge in [-0.1, -0.05) is 18.8 Å². The van der Waals surface area contributed by atoms with Gasteiger partial charge in [-0.25, -0.2) is 4.98 Å². The topological polar surface area (TPSA) is 99.0 Å². The second-order valence-corrected chi connectivity index (χ2v) is 10.2. The Balaban J connectivity index is 1.61. The quantitative estimate of drug-likeness (QED) is 0.598. The van der Waals surface area contributed by atoms with E-state index in [0.717, 1.165) is 24.9 Å². The number of rotatable bonds is 6. The number of nitrogens with zero attached hydrogens (tertiary/aromatic N) is 4. The summed E-state index contributed by atoms with van der Waals surface area (Å²) >= 11 is 0. The third-order valence-electron chi connectivity index (χ3n) is 7.08. The van der Waals surface area contributed by atoms with Crippen molar-refractivity contribution in [2.75, 3.05) is 26.7 Å². The summed E-state index contributed by atoms with van der Waals surface area (Å²) in [6, 6.07) is 5.32. The minimum absolute atomic E-state index is 0.00821. The van der Waals surface area contributed by atoms with Crippen molar-refractivity contribution in [1.82, 2.24) is 19.8 Å². The molecule has 1 amide bonds. The maximum atomic E-state index is 13.6. The molecule has 0 radical (unpaired) electrons. The molecule has 8 heteroatoms. The molecule has 0 spiro atoms. The molecule has 3 atom stereocenters. The third-order valence-corrected chi connectivity index (χ3v) is 7.08. The highest BCUT2D eigenvalue weighted by molar-refractivity contribution is 5.97. The van der Waals surface area contributed by atoms with E-state index in [2.05, 4.69) is 33.6 Å². The molecule has 2 aliphatic rings. The Bertz CT molecular complexity index is 1110. The van der Waals surface area contributed by atoms with E-state index in [1.807, 2.05) is 26.1 Å². The highest BCUT2D eigenvalue weighted by Gasteiger charge is 2.34. The van der Waals surface area contributed by atoms with Crippen LogP contribution in [-0.2, 0) is 6.54 Å². The van der Waals surface area contributed by atoms with Crippen LogP contribution in [0.2, 0.25) is 0 Å². The number of aromatic nitrogens is 2. The lowest BCUT2D eigenvalue weighted by molar-refractivity contribution is 0.0325. The van der Waals surface area contributed by atoms with Crippen LogP contribution in [0.15, 0.2) is 36.8 Å². The van der Waals surface area contributed by atoms with Crippen molar-refractivity contribution in [2.24, 2.45) is 5.92 Å². The first-order valence-corrected chi connectivity index (χ1v) is 12.7. The number of aliphatic hydroxyl groups is 2. The summed E-state index contributed by atoms with van der Waals surface area (Å²) in [7, 11) is 2.04. The zero-order chi connectivity index (χ0) is 25.7. The van der Waals surface area contributed by atoms with Crippen molar-refractivity contribution in [1.29, 1.82) is 0 Å². The summed E-state index contributed by atoms with van der Waals surface area (Å²) in [6.45, 7) is 5.58. The average molecular weight is 493 g/mol. The number of carbonyl (C=O) groups is 1. The largest absolute Gasteiger partial charge is 0.472 e. The highest BCUT2D eigenvalue weighted by Crippen LogP contribution is 2.30. The zero-order valence-corrected chi connectivity index (χ0v) is 21.4. The van der Waals surface area contributed by atoms with Gasteiger partial charge in [0.2, 0.25) is 5.88 Å². The Hall–Kier alpha value is -2.99. The Morgan fingerprint density at radius 2 is 2.03 bits per heavy atom. The molecule has 1 fully saturated rings. The Morgan fingerprint density at radius 1 is 1.31 bits per heavy atom. The summed E-state index contributed by atoms with van der Waals surface area (Å²) in [5.74, 6) is 6.05. The van der Waals surface area contributed by atoms with Gasteiger partial charge in [0.25, 0.3) is 5.91 Å². The van der Waals surface area contributed by atoms with Crippen molar-refractivity contribution < 1.29 is 19.7 Å². The van der Waals surface area contributed by atoms with E-state index in [0.29, 0.717) is 37.1 Å². The summed E-state index contributed by atoms with van der Waals surface area (Å²) in [5, 5.41) is 20.5. The zero-order valence-electron chi connectivity index (χ0n) is 21.4. The maximum absolute atomic E-state index is 13.6. The smallest absolute Gasteiger partial charge is 0.259 e. The molecule has 8 nitrogen and oxygen atoms in total. The molecule has 2 N–H and O–H groups in total. The fourth-order valence-corrected chi connectivity index (χ4v) is 4.83. The number of pyridine rings is 2. The minimum Gasteiger partial charge on any atom is -0.472 e. The van der Waals surface area contributed by atoms with Crippen molar-refractivity contribution in [3.8, 4) is 17.7 Å². The Kier molecular flexibility index (Phi) is 8.24. The molecule has 36 heavy (non-hydrogen) atoms. The van der Waals surface area contributed by atoms with Crippen molar-refractivity contribution >= 4 is 5.91 Å².